The van der Waals surface area contributed by atoms with Gasteiger partial charge in [0, 0.05) is 28.6 Å². The zero-order valence-electron chi connectivity index (χ0n) is 16.2. The van der Waals surface area contributed by atoms with E-state index in [9.17, 15) is 4.79 Å². The van der Waals surface area contributed by atoms with Crippen LogP contribution in [0.3, 0.4) is 0 Å². The molecule has 3 rings (SSSR count). The molecule has 1 aliphatic heterocycles. The topological polar surface area (TPSA) is 58.6 Å². The van der Waals surface area contributed by atoms with Crippen molar-refractivity contribution in [1.82, 2.24) is 15.1 Å². The molecule has 6 nitrogen and oxygen atoms in total. The van der Waals surface area contributed by atoms with E-state index in [-0.39, 0.29) is 18.2 Å². The second-order valence-electron chi connectivity index (χ2n) is 7.99. The van der Waals surface area contributed by atoms with Gasteiger partial charge in [0.05, 0.1) is 12.1 Å². The van der Waals surface area contributed by atoms with E-state index in [0.29, 0.717) is 0 Å². The number of halogens is 2. The second-order valence-corrected chi connectivity index (χ2v) is 9.95. The van der Waals surface area contributed by atoms with Gasteiger partial charge in [0.15, 0.2) is 0 Å². The van der Waals surface area contributed by atoms with E-state index >= 15 is 0 Å². The van der Waals surface area contributed by atoms with Crippen molar-refractivity contribution in [2.75, 3.05) is 18.0 Å². The maximum absolute atomic E-state index is 12.6. The number of piperazine rings is 1. The number of fused-ring (bicyclic) bond motifs is 1. The fourth-order valence-corrected chi connectivity index (χ4v) is 4.37. The lowest BCUT2D eigenvalue weighted by molar-refractivity contribution is 0.00568. The summed E-state index contributed by atoms with van der Waals surface area (Å²) in [7, 11) is 0. The Balaban J connectivity index is 1.90. The van der Waals surface area contributed by atoms with Crippen LogP contribution in [-0.2, 0) is 4.74 Å². The lowest BCUT2D eigenvalue weighted by atomic mass is 10.1. The van der Waals surface area contributed by atoms with Crippen LogP contribution in [0.5, 0.6) is 0 Å². The number of anilines is 1. The van der Waals surface area contributed by atoms with Crippen molar-refractivity contribution >= 4 is 61.2 Å². The van der Waals surface area contributed by atoms with E-state index in [1.165, 1.54) is 0 Å². The predicted octanol–water partition coefficient (Wildman–Crippen LogP) is 4.83. The van der Waals surface area contributed by atoms with Crippen LogP contribution < -0.4 is 4.90 Å². The van der Waals surface area contributed by atoms with Crippen LogP contribution in [0.1, 0.15) is 34.6 Å². The van der Waals surface area contributed by atoms with Crippen molar-refractivity contribution in [1.29, 1.82) is 0 Å². The van der Waals surface area contributed by atoms with E-state index in [1.54, 1.807) is 0 Å². The first-order valence-corrected chi connectivity index (χ1v) is 10.8. The number of aromatic nitrogens is 2. The molecular formula is C19H24BrIN4O2. The van der Waals surface area contributed by atoms with Crippen molar-refractivity contribution in [2.45, 2.75) is 52.3 Å². The summed E-state index contributed by atoms with van der Waals surface area (Å²) >= 11 is 5.75. The fourth-order valence-electron chi connectivity index (χ4n) is 3.53. The van der Waals surface area contributed by atoms with E-state index in [0.717, 1.165) is 37.9 Å². The third-order valence-electron chi connectivity index (χ3n) is 4.52. The Bertz CT molecular complexity index is 859. The van der Waals surface area contributed by atoms with Crippen LogP contribution in [0.4, 0.5) is 10.5 Å². The Morgan fingerprint density at radius 1 is 1.22 bits per heavy atom. The van der Waals surface area contributed by atoms with Gasteiger partial charge in [-0.05, 0) is 91.3 Å². The average molecular weight is 547 g/mol. The Morgan fingerprint density at radius 3 is 2.44 bits per heavy atom. The van der Waals surface area contributed by atoms with Crippen molar-refractivity contribution in [3.05, 3.63) is 26.4 Å². The van der Waals surface area contributed by atoms with Crippen molar-refractivity contribution in [3.63, 3.8) is 0 Å². The van der Waals surface area contributed by atoms with Crippen LogP contribution in [0.2, 0.25) is 0 Å². The zero-order valence-corrected chi connectivity index (χ0v) is 19.9. The summed E-state index contributed by atoms with van der Waals surface area (Å²) < 4.78 is 7.39. The summed E-state index contributed by atoms with van der Waals surface area (Å²) in [6.45, 7) is 11.3. The number of carbonyl (C=O) groups excluding carboxylic acids is 1. The van der Waals surface area contributed by atoms with Gasteiger partial charge in [-0.1, -0.05) is 0 Å². The number of amides is 1. The van der Waals surface area contributed by atoms with Crippen molar-refractivity contribution in [2.24, 2.45) is 0 Å². The highest BCUT2D eigenvalue weighted by atomic mass is 127. The summed E-state index contributed by atoms with van der Waals surface area (Å²) in [5.74, 6) is 0. The van der Waals surface area contributed by atoms with Crippen molar-refractivity contribution in [3.8, 4) is 0 Å². The lowest BCUT2D eigenvalue weighted by Gasteiger charge is -2.45. The zero-order chi connectivity index (χ0) is 19.9. The third kappa shape index (κ3) is 4.47. The monoisotopic (exact) mass is 546 g/mol. The molecule has 1 amide bonds. The highest BCUT2D eigenvalue weighted by Crippen LogP contribution is 2.33. The van der Waals surface area contributed by atoms with E-state index in [2.05, 4.69) is 79.6 Å². The summed E-state index contributed by atoms with van der Waals surface area (Å²) in [6.07, 6.45) is -0.247. The fraction of sp³-hybridized carbons (Fsp3) is 0.526. The number of rotatable bonds is 1. The first-order chi connectivity index (χ1) is 12.6. The van der Waals surface area contributed by atoms with E-state index in [1.807, 2.05) is 31.7 Å². The van der Waals surface area contributed by atoms with Gasteiger partial charge in [0.1, 0.15) is 14.8 Å². The number of ether oxygens (including phenoxy) is 1. The van der Waals surface area contributed by atoms with Crippen molar-refractivity contribution < 1.29 is 9.53 Å². The number of carbonyl (C=O) groups is 1. The molecule has 146 valence electrons. The first kappa shape index (κ1) is 20.6. The van der Waals surface area contributed by atoms with Gasteiger partial charge >= 0.3 is 6.09 Å². The van der Waals surface area contributed by atoms with Gasteiger partial charge in [-0.3, -0.25) is 4.90 Å². The highest BCUT2D eigenvalue weighted by Gasteiger charge is 2.36. The SMILES string of the molecule is CC1CN(c2ccc(Br)c3nnc(I)cc23)CC(C)N1C(=O)OC(C)(C)C. The summed E-state index contributed by atoms with van der Waals surface area (Å²) in [5.41, 5.74) is 1.47. The van der Waals surface area contributed by atoms with Crippen LogP contribution in [-0.4, -0.2) is 52.0 Å². The minimum Gasteiger partial charge on any atom is -0.444 e. The molecule has 2 aromatic rings. The van der Waals surface area contributed by atoms with Crippen LogP contribution in [0, 0.1) is 3.70 Å². The molecule has 1 aromatic carbocycles. The van der Waals surface area contributed by atoms with Gasteiger partial charge in [0.2, 0.25) is 0 Å². The molecule has 1 aromatic heterocycles. The molecule has 0 spiro atoms. The molecule has 0 saturated carbocycles. The molecule has 2 heterocycles. The van der Waals surface area contributed by atoms with Crippen LogP contribution in [0.25, 0.3) is 10.9 Å². The standard InChI is InChI=1S/C19H24BrIN4O2/c1-11-9-24(10-12(2)25(11)18(26)27-19(3,4)5)15-7-6-14(20)17-13(15)8-16(21)22-23-17/h6-8,11-12H,9-10H2,1-5H3. The summed E-state index contributed by atoms with van der Waals surface area (Å²) in [5, 5.41) is 9.58. The normalized spacial score (nSPS) is 20.9. The number of nitrogens with zero attached hydrogens (tertiary/aromatic N) is 4. The van der Waals surface area contributed by atoms with Gasteiger partial charge in [-0.15, -0.1) is 10.2 Å². The smallest absolute Gasteiger partial charge is 0.410 e. The molecule has 8 heteroatoms. The first-order valence-electron chi connectivity index (χ1n) is 8.94. The largest absolute Gasteiger partial charge is 0.444 e. The quantitative estimate of drug-likeness (QED) is 0.479. The molecule has 27 heavy (non-hydrogen) atoms. The minimum atomic E-state index is -0.495. The van der Waals surface area contributed by atoms with Gasteiger partial charge < -0.3 is 9.64 Å². The molecule has 0 N–H and O–H groups in total. The van der Waals surface area contributed by atoms with E-state index in [4.69, 9.17) is 4.74 Å². The number of hydrogen-bond donors (Lipinski definition) is 0. The molecule has 2 atom stereocenters. The molecule has 1 saturated heterocycles. The van der Waals surface area contributed by atoms with Gasteiger partial charge in [0.25, 0.3) is 0 Å². The Kier molecular flexibility index (Phi) is 5.86. The van der Waals surface area contributed by atoms with Gasteiger partial charge in [-0.2, -0.15) is 0 Å². The molecule has 2 unspecified atom stereocenters. The highest BCUT2D eigenvalue weighted by molar-refractivity contribution is 14.1. The predicted molar refractivity (Wildman–Crippen MR) is 119 cm³/mol. The number of hydrogen-bond acceptors (Lipinski definition) is 5. The molecule has 0 radical (unpaired) electrons. The maximum atomic E-state index is 12.6. The third-order valence-corrected chi connectivity index (χ3v) is 5.68. The lowest BCUT2D eigenvalue weighted by Crippen LogP contribution is -2.59. The summed E-state index contributed by atoms with van der Waals surface area (Å²) in [6, 6.07) is 6.24. The van der Waals surface area contributed by atoms with Crippen LogP contribution in [0.15, 0.2) is 22.7 Å². The molecule has 0 bridgehead atoms. The Morgan fingerprint density at radius 2 is 1.85 bits per heavy atom. The number of benzene rings is 1. The second kappa shape index (κ2) is 7.69. The minimum absolute atomic E-state index is 0.0381. The average Bonchev–Trinajstić information content (AvgIpc) is 2.52. The van der Waals surface area contributed by atoms with E-state index < -0.39 is 5.60 Å². The molecule has 1 fully saturated rings. The van der Waals surface area contributed by atoms with Crippen LogP contribution >= 0.6 is 38.5 Å². The molecular weight excluding hydrogens is 523 g/mol. The maximum Gasteiger partial charge on any atom is 0.410 e. The Hall–Kier alpha value is -1.16. The van der Waals surface area contributed by atoms with Gasteiger partial charge in [-0.25, -0.2) is 4.79 Å². The molecule has 1 aliphatic rings. The Labute approximate surface area is 181 Å². The molecule has 0 aliphatic carbocycles. The summed E-state index contributed by atoms with van der Waals surface area (Å²) in [4.78, 5) is 16.8.